The first-order chi connectivity index (χ1) is 8.95. The van der Waals surface area contributed by atoms with E-state index >= 15 is 0 Å². The Morgan fingerprint density at radius 2 is 1.95 bits per heavy atom. The highest BCUT2D eigenvalue weighted by molar-refractivity contribution is 7.18. The van der Waals surface area contributed by atoms with Crippen LogP contribution in [0.4, 0.5) is 5.00 Å². The molecule has 0 spiro atoms. The van der Waals surface area contributed by atoms with Gasteiger partial charge in [-0.25, -0.2) is 9.59 Å². The molecule has 0 aliphatic carbocycles. The number of aromatic nitrogens is 2. The van der Waals surface area contributed by atoms with Crippen molar-refractivity contribution < 1.29 is 14.7 Å². The second-order valence-corrected chi connectivity index (χ2v) is 4.51. The molecule has 0 saturated heterocycles. The number of thiophene rings is 1. The van der Waals surface area contributed by atoms with Crippen LogP contribution in [0.2, 0.25) is 0 Å². The van der Waals surface area contributed by atoms with Gasteiger partial charge in [0.1, 0.15) is 10.6 Å². The van der Waals surface area contributed by atoms with Crippen molar-refractivity contribution in [3.8, 4) is 0 Å². The number of carboxylic acids is 1. The molecule has 1 amide bonds. The zero-order valence-electron chi connectivity index (χ0n) is 9.22. The van der Waals surface area contributed by atoms with Gasteiger partial charge in [-0.1, -0.05) is 0 Å². The van der Waals surface area contributed by atoms with E-state index in [2.05, 4.69) is 10.3 Å². The van der Waals surface area contributed by atoms with Crippen molar-refractivity contribution in [3.63, 3.8) is 0 Å². The van der Waals surface area contributed by atoms with E-state index in [1.54, 1.807) is 0 Å². The second kappa shape index (κ2) is 4.90. The van der Waals surface area contributed by atoms with E-state index in [9.17, 15) is 19.2 Å². The maximum Gasteiger partial charge on any atom is 0.345 e. The second-order valence-electron chi connectivity index (χ2n) is 3.42. The number of carboxylic acid groups (broad SMARTS) is 1. The van der Waals surface area contributed by atoms with Gasteiger partial charge in [-0.15, -0.1) is 11.3 Å². The highest BCUT2D eigenvalue weighted by atomic mass is 32.1. The van der Waals surface area contributed by atoms with E-state index in [0.717, 1.165) is 17.4 Å². The molecule has 4 N–H and O–H groups in total. The quantitative estimate of drug-likeness (QED) is 0.632. The van der Waals surface area contributed by atoms with Gasteiger partial charge in [-0.05, 0) is 12.1 Å². The molecule has 8 nitrogen and oxygen atoms in total. The maximum atomic E-state index is 11.7. The standard InChI is InChI=1S/C10H7N3O5S/c14-6-3-4(11-10(18)12-6)8(15)13-7-2-1-5(19-7)9(16)17/h1-3H,(H,13,15)(H,16,17)(H2,11,12,14,18). The summed E-state index contributed by atoms with van der Waals surface area (Å²) in [6, 6.07) is 3.68. The van der Waals surface area contributed by atoms with Gasteiger partial charge in [-0.2, -0.15) is 0 Å². The minimum Gasteiger partial charge on any atom is -0.477 e. The van der Waals surface area contributed by atoms with Crippen LogP contribution in [0, 0.1) is 0 Å². The number of hydrogen-bond donors (Lipinski definition) is 4. The largest absolute Gasteiger partial charge is 0.477 e. The van der Waals surface area contributed by atoms with E-state index < -0.39 is 23.1 Å². The lowest BCUT2D eigenvalue weighted by molar-refractivity contribution is 0.0702. The first kappa shape index (κ1) is 12.8. The van der Waals surface area contributed by atoms with Crippen molar-refractivity contribution in [2.75, 3.05) is 5.32 Å². The van der Waals surface area contributed by atoms with Crippen LogP contribution in [-0.2, 0) is 0 Å². The average molecular weight is 281 g/mol. The Kier molecular flexibility index (Phi) is 3.29. The Hall–Kier alpha value is -2.68. The van der Waals surface area contributed by atoms with Crippen LogP contribution in [0.1, 0.15) is 20.2 Å². The van der Waals surface area contributed by atoms with Crippen LogP contribution < -0.4 is 16.6 Å². The zero-order valence-corrected chi connectivity index (χ0v) is 10.0. The summed E-state index contributed by atoms with van der Waals surface area (Å²) >= 11 is 0.863. The number of hydrogen-bond acceptors (Lipinski definition) is 5. The van der Waals surface area contributed by atoms with Crippen LogP contribution in [0.25, 0.3) is 0 Å². The Bertz CT molecular complexity index is 729. The Labute approximate surface area is 108 Å². The third-order valence-electron chi connectivity index (χ3n) is 2.06. The number of carbonyl (C=O) groups is 2. The molecule has 0 saturated carbocycles. The molecular formula is C10H7N3O5S. The number of aromatic carboxylic acids is 1. The lowest BCUT2D eigenvalue weighted by Gasteiger charge is -2.00. The highest BCUT2D eigenvalue weighted by Crippen LogP contribution is 2.21. The third-order valence-corrected chi connectivity index (χ3v) is 3.05. The summed E-state index contributed by atoms with van der Waals surface area (Å²) in [5.41, 5.74) is -1.71. The van der Waals surface area contributed by atoms with Crippen LogP contribution in [0.15, 0.2) is 27.8 Å². The predicted octanol–water partition coefficient (Wildman–Crippen LogP) is 0.0752. The predicted molar refractivity (Wildman–Crippen MR) is 66.9 cm³/mol. The summed E-state index contributed by atoms with van der Waals surface area (Å²) < 4.78 is 0. The fourth-order valence-electron chi connectivity index (χ4n) is 1.29. The van der Waals surface area contributed by atoms with Crippen molar-refractivity contribution in [1.29, 1.82) is 0 Å². The van der Waals surface area contributed by atoms with Crippen LogP contribution in [-0.4, -0.2) is 27.0 Å². The molecule has 0 radical (unpaired) electrons. The van der Waals surface area contributed by atoms with Crippen molar-refractivity contribution in [2.45, 2.75) is 0 Å². The minimum atomic E-state index is -1.10. The number of nitrogens with one attached hydrogen (secondary N) is 3. The number of rotatable bonds is 3. The van der Waals surface area contributed by atoms with Crippen molar-refractivity contribution in [1.82, 2.24) is 9.97 Å². The average Bonchev–Trinajstić information content (AvgIpc) is 2.76. The third kappa shape index (κ3) is 2.96. The zero-order chi connectivity index (χ0) is 14.0. The van der Waals surface area contributed by atoms with Gasteiger partial charge in [0.25, 0.3) is 11.5 Å². The van der Waals surface area contributed by atoms with E-state index in [4.69, 9.17) is 5.11 Å². The van der Waals surface area contributed by atoms with Crippen molar-refractivity contribution >= 4 is 28.2 Å². The van der Waals surface area contributed by atoms with Gasteiger partial charge in [0.15, 0.2) is 0 Å². The smallest absolute Gasteiger partial charge is 0.345 e. The number of aromatic amines is 2. The van der Waals surface area contributed by atoms with Gasteiger partial charge >= 0.3 is 11.7 Å². The van der Waals surface area contributed by atoms with Crippen molar-refractivity contribution in [3.05, 3.63) is 49.6 Å². The van der Waals surface area contributed by atoms with Gasteiger partial charge in [0, 0.05) is 6.07 Å². The summed E-state index contributed by atoms with van der Waals surface area (Å²) in [5, 5.41) is 11.4. The van der Waals surface area contributed by atoms with Gasteiger partial charge in [0.2, 0.25) is 0 Å². The lowest BCUT2D eigenvalue weighted by atomic mass is 10.4. The SMILES string of the molecule is O=C(Nc1ccc(C(=O)O)s1)c1cc(=O)[nH]c(=O)[nH]1. The van der Waals surface area contributed by atoms with E-state index in [0.29, 0.717) is 5.00 Å². The topological polar surface area (TPSA) is 132 Å². The molecule has 2 rings (SSSR count). The van der Waals surface area contributed by atoms with Crippen LogP contribution >= 0.6 is 11.3 Å². The molecule has 0 unspecified atom stereocenters. The molecule has 2 aromatic heterocycles. The molecule has 2 heterocycles. The van der Waals surface area contributed by atoms with Gasteiger partial charge in [-0.3, -0.25) is 14.6 Å². The minimum absolute atomic E-state index is 0.0645. The Morgan fingerprint density at radius 1 is 1.21 bits per heavy atom. The molecule has 98 valence electrons. The number of anilines is 1. The Morgan fingerprint density at radius 3 is 2.53 bits per heavy atom. The summed E-state index contributed by atoms with van der Waals surface area (Å²) in [4.78, 5) is 48.6. The van der Waals surface area contributed by atoms with E-state index in [-0.39, 0.29) is 10.6 Å². The van der Waals surface area contributed by atoms with Crippen molar-refractivity contribution in [2.24, 2.45) is 0 Å². The maximum absolute atomic E-state index is 11.7. The van der Waals surface area contributed by atoms with Crippen LogP contribution in [0.3, 0.4) is 0 Å². The summed E-state index contributed by atoms with van der Waals surface area (Å²) in [5.74, 6) is -1.81. The van der Waals surface area contributed by atoms with Gasteiger partial charge in [0.05, 0.1) is 5.00 Å². The van der Waals surface area contributed by atoms with Gasteiger partial charge < -0.3 is 15.4 Å². The monoisotopic (exact) mass is 281 g/mol. The van der Waals surface area contributed by atoms with E-state index in [1.165, 1.54) is 12.1 Å². The number of carbonyl (C=O) groups excluding carboxylic acids is 1. The Balaban J connectivity index is 2.22. The summed E-state index contributed by atoms with van der Waals surface area (Å²) in [7, 11) is 0. The molecule has 19 heavy (non-hydrogen) atoms. The molecule has 2 aromatic rings. The first-order valence-electron chi connectivity index (χ1n) is 4.94. The molecule has 0 atom stereocenters. The highest BCUT2D eigenvalue weighted by Gasteiger charge is 2.12. The molecular weight excluding hydrogens is 274 g/mol. The van der Waals surface area contributed by atoms with E-state index in [1.807, 2.05) is 4.98 Å². The molecule has 0 aliphatic rings. The lowest BCUT2D eigenvalue weighted by Crippen LogP contribution is -2.26. The first-order valence-corrected chi connectivity index (χ1v) is 5.75. The summed E-state index contributed by atoms with van der Waals surface area (Å²) in [6.07, 6.45) is 0. The molecule has 0 aromatic carbocycles. The molecule has 9 heteroatoms. The molecule has 0 aliphatic heterocycles. The summed E-state index contributed by atoms with van der Waals surface area (Å²) in [6.45, 7) is 0. The molecule has 0 fully saturated rings. The fraction of sp³-hybridized carbons (Fsp3) is 0. The number of amides is 1. The fourth-order valence-corrected chi connectivity index (χ4v) is 2.03. The number of H-pyrrole nitrogens is 2. The van der Waals surface area contributed by atoms with Crippen LogP contribution in [0.5, 0.6) is 0 Å². The molecule has 0 bridgehead atoms. The normalized spacial score (nSPS) is 10.1.